The molecule has 0 aromatic rings. The average molecular weight is 190 g/mol. The minimum Gasteiger partial charge on any atom is -0.450 e. The third kappa shape index (κ3) is 11.2. The number of carbonyl (C=O) groups is 1. The minimum absolute atomic E-state index is 0.266. The molecule has 4 nitrogen and oxygen atoms in total. The van der Waals surface area contributed by atoms with Gasteiger partial charge in [-0.1, -0.05) is 25.7 Å². The fraction of sp³-hybridized carbons (Fsp3) is 0.889. The summed E-state index contributed by atoms with van der Waals surface area (Å²) in [5.41, 5.74) is 0. The standard InChI is InChI=1S/C9H18O4/c10-7-5-3-1-2-4-6-8-13-9(11)12/h10H,1-8H2,(H,11,12). The molecule has 2 N–H and O–H groups in total. The molecule has 0 unspecified atom stereocenters. The van der Waals surface area contributed by atoms with Gasteiger partial charge in [0.2, 0.25) is 0 Å². The zero-order valence-corrected chi connectivity index (χ0v) is 7.87. The van der Waals surface area contributed by atoms with Crippen LogP contribution in [-0.4, -0.2) is 29.6 Å². The molecule has 0 amide bonds. The molecule has 0 aromatic heterocycles. The van der Waals surface area contributed by atoms with E-state index in [1.54, 1.807) is 0 Å². The van der Waals surface area contributed by atoms with Crippen LogP contribution in [0.5, 0.6) is 0 Å². The predicted molar refractivity (Wildman–Crippen MR) is 48.8 cm³/mol. The highest BCUT2D eigenvalue weighted by Gasteiger charge is 1.95. The lowest BCUT2D eigenvalue weighted by Gasteiger charge is -2.00. The average Bonchev–Trinajstić information content (AvgIpc) is 2.09. The highest BCUT2D eigenvalue weighted by molar-refractivity contribution is 5.56. The number of aliphatic hydroxyl groups is 1. The van der Waals surface area contributed by atoms with Gasteiger partial charge in [0.25, 0.3) is 0 Å². The zero-order valence-electron chi connectivity index (χ0n) is 7.87. The largest absolute Gasteiger partial charge is 0.505 e. The molecule has 0 spiro atoms. The molecule has 78 valence electrons. The number of ether oxygens (including phenoxy) is 1. The van der Waals surface area contributed by atoms with Crippen LogP contribution in [0.1, 0.15) is 38.5 Å². The van der Waals surface area contributed by atoms with Crippen LogP contribution in [0.3, 0.4) is 0 Å². The van der Waals surface area contributed by atoms with Crippen molar-refractivity contribution in [3.63, 3.8) is 0 Å². The molecule has 0 aliphatic carbocycles. The van der Waals surface area contributed by atoms with Crippen LogP contribution < -0.4 is 0 Å². The van der Waals surface area contributed by atoms with Gasteiger partial charge in [-0.3, -0.25) is 0 Å². The quantitative estimate of drug-likeness (QED) is 0.454. The molecule has 0 aliphatic rings. The summed E-state index contributed by atoms with van der Waals surface area (Å²) in [6.07, 6.45) is 4.71. The Morgan fingerprint density at radius 2 is 1.54 bits per heavy atom. The first-order chi connectivity index (χ1) is 6.27. The summed E-state index contributed by atoms with van der Waals surface area (Å²) in [5.74, 6) is 0. The van der Waals surface area contributed by atoms with Crippen molar-refractivity contribution in [2.75, 3.05) is 13.2 Å². The molecule has 0 aromatic carbocycles. The van der Waals surface area contributed by atoms with Gasteiger partial charge < -0.3 is 14.9 Å². The van der Waals surface area contributed by atoms with Gasteiger partial charge in [-0.25, -0.2) is 4.79 Å². The highest BCUT2D eigenvalue weighted by atomic mass is 16.7. The van der Waals surface area contributed by atoms with E-state index < -0.39 is 6.16 Å². The summed E-state index contributed by atoms with van der Waals surface area (Å²) in [6, 6.07) is 0. The topological polar surface area (TPSA) is 66.8 Å². The first-order valence-corrected chi connectivity index (χ1v) is 4.74. The minimum atomic E-state index is -1.19. The molecule has 0 heterocycles. The number of unbranched alkanes of at least 4 members (excludes halogenated alkanes) is 5. The van der Waals surface area contributed by atoms with Gasteiger partial charge in [0.1, 0.15) is 0 Å². The van der Waals surface area contributed by atoms with Crippen molar-refractivity contribution < 1.29 is 19.7 Å². The third-order valence-corrected chi connectivity index (χ3v) is 1.78. The number of hydrogen-bond donors (Lipinski definition) is 2. The van der Waals surface area contributed by atoms with E-state index in [0.717, 1.165) is 38.5 Å². The molecule has 0 aliphatic heterocycles. The molecule has 0 radical (unpaired) electrons. The fourth-order valence-corrected chi connectivity index (χ4v) is 1.08. The van der Waals surface area contributed by atoms with Gasteiger partial charge >= 0.3 is 6.16 Å². The molecule has 0 saturated heterocycles. The van der Waals surface area contributed by atoms with Crippen LogP contribution in [0.4, 0.5) is 4.79 Å². The second-order valence-electron chi connectivity index (χ2n) is 2.96. The summed E-state index contributed by atoms with van der Waals surface area (Å²) in [4.78, 5) is 9.92. The summed E-state index contributed by atoms with van der Waals surface area (Å²) < 4.78 is 4.35. The van der Waals surface area contributed by atoms with E-state index in [9.17, 15) is 4.79 Å². The number of rotatable bonds is 8. The predicted octanol–water partition coefficient (Wildman–Crippen LogP) is 2.01. The van der Waals surface area contributed by atoms with Gasteiger partial charge in [-0.2, -0.15) is 0 Å². The Kier molecular flexibility index (Phi) is 8.77. The van der Waals surface area contributed by atoms with Crippen LogP contribution in [-0.2, 0) is 4.74 Å². The number of carboxylic acid groups (broad SMARTS) is 1. The molecule has 0 atom stereocenters. The van der Waals surface area contributed by atoms with Crippen molar-refractivity contribution >= 4 is 6.16 Å². The Balaban J connectivity index is 2.87. The maximum atomic E-state index is 9.92. The Bertz CT molecular complexity index is 125. The van der Waals surface area contributed by atoms with Gasteiger partial charge in [0.15, 0.2) is 0 Å². The van der Waals surface area contributed by atoms with E-state index in [2.05, 4.69) is 4.74 Å². The van der Waals surface area contributed by atoms with Crippen molar-refractivity contribution in [3.05, 3.63) is 0 Å². The van der Waals surface area contributed by atoms with Gasteiger partial charge in [0, 0.05) is 6.61 Å². The van der Waals surface area contributed by atoms with Crippen LogP contribution in [0.25, 0.3) is 0 Å². The number of aliphatic hydroxyl groups excluding tert-OH is 1. The summed E-state index contributed by atoms with van der Waals surface area (Å²) in [7, 11) is 0. The van der Waals surface area contributed by atoms with Crippen molar-refractivity contribution in [1.82, 2.24) is 0 Å². The lowest BCUT2D eigenvalue weighted by Crippen LogP contribution is -2.01. The molecule has 0 saturated carbocycles. The van der Waals surface area contributed by atoms with Crippen molar-refractivity contribution in [2.45, 2.75) is 38.5 Å². The van der Waals surface area contributed by atoms with Crippen LogP contribution in [0.2, 0.25) is 0 Å². The van der Waals surface area contributed by atoms with Gasteiger partial charge in [-0.15, -0.1) is 0 Å². The van der Waals surface area contributed by atoms with Gasteiger partial charge in [-0.05, 0) is 12.8 Å². The second-order valence-corrected chi connectivity index (χ2v) is 2.96. The SMILES string of the molecule is O=C(O)OCCCCCCCCO. The van der Waals surface area contributed by atoms with Crippen LogP contribution in [0.15, 0.2) is 0 Å². The van der Waals surface area contributed by atoms with Crippen molar-refractivity contribution in [1.29, 1.82) is 0 Å². The lowest BCUT2D eigenvalue weighted by molar-refractivity contribution is 0.0899. The molecular weight excluding hydrogens is 172 g/mol. The van der Waals surface area contributed by atoms with Crippen LogP contribution in [0, 0.1) is 0 Å². The summed E-state index contributed by atoms with van der Waals surface area (Å²) in [5, 5.41) is 16.6. The van der Waals surface area contributed by atoms with E-state index in [1.165, 1.54) is 0 Å². The maximum Gasteiger partial charge on any atom is 0.505 e. The Morgan fingerprint density at radius 1 is 1.00 bits per heavy atom. The lowest BCUT2D eigenvalue weighted by atomic mass is 10.1. The van der Waals surface area contributed by atoms with E-state index in [-0.39, 0.29) is 6.61 Å². The highest BCUT2D eigenvalue weighted by Crippen LogP contribution is 2.04. The molecule has 0 fully saturated rings. The molecule has 4 heteroatoms. The van der Waals surface area contributed by atoms with Crippen LogP contribution >= 0.6 is 0 Å². The van der Waals surface area contributed by atoms with Gasteiger partial charge in [0.05, 0.1) is 6.61 Å². The Hall–Kier alpha value is -0.770. The normalized spacial score (nSPS) is 9.92. The maximum absolute atomic E-state index is 9.92. The van der Waals surface area contributed by atoms with Crippen molar-refractivity contribution in [2.24, 2.45) is 0 Å². The third-order valence-electron chi connectivity index (χ3n) is 1.78. The van der Waals surface area contributed by atoms with Crippen molar-refractivity contribution in [3.8, 4) is 0 Å². The van der Waals surface area contributed by atoms with E-state index in [4.69, 9.17) is 10.2 Å². The summed E-state index contributed by atoms with van der Waals surface area (Å²) >= 11 is 0. The Morgan fingerprint density at radius 3 is 2.08 bits per heavy atom. The Labute approximate surface area is 78.5 Å². The molecule has 13 heavy (non-hydrogen) atoms. The molecule has 0 rings (SSSR count). The first kappa shape index (κ1) is 12.2. The van der Waals surface area contributed by atoms with E-state index in [1.807, 2.05) is 0 Å². The fourth-order valence-electron chi connectivity index (χ4n) is 1.08. The second kappa shape index (κ2) is 9.32. The van der Waals surface area contributed by atoms with E-state index in [0.29, 0.717) is 6.61 Å². The van der Waals surface area contributed by atoms with E-state index >= 15 is 0 Å². The zero-order chi connectivity index (χ0) is 9.94. The monoisotopic (exact) mass is 190 g/mol. The molecule has 0 bridgehead atoms. The first-order valence-electron chi connectivity index (χ1n) is 4.74. The summed E-state index contributed by atoms with van der Waals surface area (Å²) in [6.45, 7) is 0.567. The smallest absolute Gasteiger partial charge is 0.450 e. The molecular formula is C9H18O4. The number of hydrogen-bond acceptors (Lipinski definition) is 3.